The zero-order chi connectivity index (χ0) is 17.0. The van der Waals surface area contributed by atoms with Crippen LogP contribution in [0.25, 0.3) is 0 Å². The molecule has 1 spiro atoms. The molecule has 2 fully saturated rings. The van der Waals surface area contributed by atoms with Crippen molar-refractivity contribution in [3.05, 3.63) is 24.2 Å². The summed E-state index contributed by atoms with van der Waals surface area (Å²) in [4.78, 5) is 12.2. The topological polar surface area (TPSA) is 83.7 Å². The second-order valence-corrected chi connectivity index (χ2v) is 7.21. The Hall–Kier alpha value is -1.53. The predicted octanol–water partition coefficient (Wildman–Crippen LogP) is 2.88. The summed E-state index contributed by atoms with van der Waals surface area (Å²) in [6.45, 7) is 2.60. The van der Waals surface area contributed by atoms with E-state index in [9.17, 15) is 9.90 Å². The number of hydrogen-bond donors (Lipinski definition) is 3. The molecule has 3 unspecified atom stereocenters. The molecule has 2 heterocycles. The van der Waals surface area contributed by atoms with Crippen LogP contribution in [0, 0.1) is 0 Å². The Bertz CT molecular complexity index is 525. The third-order valence-electron chi connectivity index (χ3n) is 5.17. The zero-order valence-electron chi connectivity index (χ0n) is 14.3. The number of urea groups is 1. The number of carbonyl (C=O) groups excluding carboxylic acids is 1. The van der Waals surface area contributed by atoms with Gasteiger partial charge in [-0.15, -0.1) is 0 Å². The Kier molecular flexibility index (Phi) is 5.46. The first-order valence-corrected chi connectivity index (χ1v) is 8.99. The van der Waals surface area contributed by atoms with Crippen molar-refractivity contribution in [1.82, 2.24) is 10.6 Å². The van der Waals surface area contributed by atoms with Crippen LogP contribution in [0.1, 0.15) is 63.7 Å². The molecule has 1 aromatic heterocycles. The Morgan fingerprint density at radius 1 is 1.46 bits per heavy atom. The molecule has 1 aromatic rings. The Morgan fingerprint density at radius 3 is 2.96 bits per heavy atom. The lowest BCUT2D eigenvalue weighted by molar-refractivity contribution is -0.0820. The molecule has 1 saturated carbocycles. The summed E-state index contributed by atoms with van der Waals surface area (Å²) in [6, 6.07) is 3.33. The summed E-state index contributed by atoms with van der Waals surface area (Å²) in [7, 11) is 0. The second-order valence-electron chi connectivity index (χ2n) is 7.21. The van der Waals surface area contributed by atoms with Crippen molar-refractivity contribution >= 4 is 6.03 Å². The SMILES string of the molecule is CC(CC(O)c1ccco1)NC(=O)NC1CCOC2(CCCC2)C1. The Morgan fingerprint density at radius 2 is 2.25 bits per heavy atom. The van der Waals surface area contributed by atoms with Crippen LogP contribution < -0.4 is 10.6 Å². The number of furan rings is 1. The standard InChI is InChI=1S/C18H28N2O4/c1-13(11-15(21)16-5-4-9-23-16)19-17(22)20-14-6-10-24-18(12-14)7-2-3-8-18/h4-5,9,13-15,21H,2-3,6-8,10-12H2,1H3,(H2,19,20,22). The zero-order valence-corrected chi connectivity index (χ0v) is 14.3. The van der Waals surface area contributed by atoms with Gasteiger partial charge in [-0.05, 0) is 44.7 Å². The van der Waals surface area contributed by atoms with Crippen LogP contribution in [0.4, 0.5) is 4.79 Å². The first-order chi connectivity index (χ1) is 11.6. The lowest BCUT2D eigenvalue weighted by atomic mass is 9.89. The van der Waals surface area contributed by atoms with E-state index in [1.807, 2.05) is 6.92 Å². The van der Waals surface area contributed by atoms with E-state index in [4.69, 9.17) is 9.15 Å². The summed E-state index contributed by atoms with van der Waals surface area (Å²) >= 11 is 0. The van der Waals surface area contributed by atoms with E-state index < -0.39 is 6.10 Å². The molecule has 1 aliphatic carbocycles. The number of aliphatic hydroxyl groups excluding tert-OH is 1. The van der Waals surface area contributed by atoms with Gasteiger partial charge in [0.1, 0.15) is 11.9 Å². The van der Waals surface area contributed by atoms with Gasteiger partial charge in [0.05, 0.1) is 11.9 Å². The predicted molar refractivity (Wildman–Crippen MR) is 89.6 cm³/mol. The Labute approximate surface area is 142 Å². The molecule has 6 heteroatoms. The van der Waals surface area contributed by atoms with Gasteiger partial charge >= 0.3 is 6.03 Å². The van der Waals surface area contributed by atoms with Crippen molar-refractivity contribution in [2.45, 2.75) is 75.7 Å². The molecule has 0 aromatic carbocycles. The van der Waals surface area contributed by atoms with Crippen LogP contribution in [-0.4, -0.2) is 35.4 Å². The largest absolute Gasteiger partial charge is 0.467 e. The number of aliphatic hydroxyl groups is 1. The monoisotopic (exact) mass is 336 g/mol. The molecule has 134 valence electrons. The third-order valence-corrected chi connectivity index (χ3v) is 5.17. The Balaban J connectivity index is 1.43. The quantitative estimate of drug-likeness (QED) is 0.772. The minimum absolute atomic E-state index is 0.00268. The third kappa shape index (κ3) is 4.30. The van der Waals surface area contributed by atoms with Crippen molar-refractivity contribution in [1.29, 1.82) is 0 Å². The summed E-state index contributed by atoms with van der Waals surface area (Å²) in [5, 5.41) is 16.1. The molecular formula is C18H28N2O4. The van der Waals surface area contributed by atoms with Crippen LogP contribution >= 0.6 is 0 Å². The number of nitrogens with one attached hydrogen (secondary N) is 2. The summed E-state index contributed by atoms with van der Waals surface area (Å²) in [6.07, 6.45) is 7.67. The lowest BCUT2D eigenvalue weighted by Gasteiger charge is -2.38. The average molecular weight is 336 g/mol. The highest BCUT2D eigenvalue weighted by atomic mass is 16.5. The van der Waals surface area contributed by atoms with Crippen LogP contribution in [0.15, 0.2) is 22.8 Å². The maximum absolute atomic E-state index is 12.2. The molecule has 2 amide bonds. The van der Waals surface area contributed by atoms with E-state index in [0.717, 1.165) is 32.3 Å². The minimum Gasteiger partial charge on any atom is -0.467 e. The number of rotatable bonds is 5. The number of hydrogen-bond acceptors (Lipinski definition) is 4. The van der Waals surface area contributed by atoms with E-state index in [1.54, 1.807) is 12.1 Å². The molecule has 0 bridgehead atoms. The van der Waals surface area contributed by atoms with Crippen LogP contribution in [-0.2, 0) is 4.74 Å². The first kappa shape index (κ1) is 17.3. The lowest BCUT2D eigenvalue weighted by Crippen LogP contribution is -2.51. The molecule has 1 saturated heterocycles. The molecule has 2 aliphatic rings. The second kappa shape index (κ2) is 7.57. The van der Waals surface area contributed by atoms with Gasteiger partial charge in [0.15, 0.2) is 0 Å². The maximum Gasteiger partial charge on any atom is 0.315 e. The average Bonchev–Trinajstić information content (AvgIpc) is 3.19. The van der Waals surface area contributed by atoms with Crippen molar-refractivity contribution < 1.29 is 19.1 Å². The van der Waals surface area contributed by atoms with Gasteiger partial charge in [0.2, 0.25) is 0 Å². The van der Waals surface area contributed by atoms with E-state index in [-0.39, 0.29) is 23.7 Å². The van der Waals surface area contributed by atoms with Gasteiger partial charge < -0.3 is 24.9 Å². The van der Waals surface area contributed by atoms with E-state index in [1.165, 1.54) is 19.1 Å². The summed E-state index contributed by atoms with van der Waals surface area (Å²) in [5.41, 5.74) is -0.00268. The highest BCUT2D eigenvalue weighted by Crippen LogP contribution is 2.39. The molecule has 0 radical (unpaired) electrons. The van der Waals surface area contributed by atoms with E-state index in [2.05, 4.69) is 10.6 Å². The van der Waals surface area contributed by atoms with E-state index in [0.29, 0.717) is 12.2 Å². The van der Waals surface area contributed by atoms with Gasteiger partial charge in [-0.2, -0.15) is 0 Å². The van der Waals surface area contributed by atoms with Crippen molar-refractivity contribution in [3.63, 3.8) is 0 Å². The fraction of sp³-hybridized carbons (Fsp3) is 0.722. The molecule has 3 N–H and O–H groups in total. The van der Waals surface area contributed by atoms with Crippen molar-refractivity contribution in [3.8, 4) is 0 Å². The van der Waals surface area contributed by atoms with E-state index >= 15 is 0 Å². The molecule has 6 nitrogen and oxygen atoms in total. The normalized spacial score (nSPS) is 25.3. The van der Waals surface area contributed by atoms with Gasteiger partial charge in [0.25, 0.3) is 0 Å². The summed E-state index contributed by atoms with van der Waals surface area (Å²) < 4.78 is 11.2. The van der Waals surface area contributed by atoms with Crippen LogP contribution in [0.5, 0.6) is 0 Å². The van der Waals surface area contributed by atoms with Gasteiger partial charge in [-0.3, -0.25) is 0 Å². The fourth-order valence-electron chi connectivity index (χ4n) is 3.96. The van der Waals surface area contributed by atoms with Crippen LogP contribution in [0.3, 0.4) is 0 Å². The number of amides is 2. The summed E-state index contributed by atoms with van der Waals surface area (Å²) in [5.74, 6) is 0.525. The highest BCUT2D eigenvalue weighted by molar-refractivity contribution is 5.74. The number of ether oxygens (including phenoxy) is 1. The molecule has 1 aliphatic heterocycles. The fourth-order valence-corrected chi connectivity index (χ4v) is 3.96. The minimum atomic E-state index is -0.708. The van der Waals surface area contributed by atoms with Gasteiger partial charge in [-0.25, -0.2) is 4.79 Å². The first-order valence-electron chi connectivity index (χ1n) is 8.99. The molecule has 3 atom stereocenters. The van der Waals surface area contributed by atoms with Gasteiger partial charge in [-0.1, -0.05) is 12.8 Å². The number of carbonyl (C=O) groups is 1. The van der Waals surface area contributed by atoms with Crippen molar-refractivity contribution in [2.75, 3.05) is 6.61 Å². The molecular weight excluding hydrogens is 308 g/mol. The van der Waals surface area contributed by atoms with Gasteiger partial charge in [0, 0.05) is 25.1 Å². The molecule has 3 rings (SSSR count). The van der Waals surface area contributed by atoms with Crippen LogP contribution in [0.2, 0.25) is 0 Å². The smallest absolute Gasteiger partial charge is 0.315 e. The highest BCUT2D eigenvalue weighted by Gasteiger charge is 2.40. The van der Waals surface area contributed by atoms with Crippen molar-refractivity contribution in [2.24, 2.45) is 0 Å². The molecule has 24 heavy (non-hydrogen) atoms. The maximum atomic E-state index is 12.2.